The van der Waals surface area contributed by atoms with Crippen molar-refractivity contribution in [3.63, 3.8) is 0 Å². The summed E-state index contributed by atoms with van der Waals surface area (Å²) in [6, 6.07) is 0. The second-order valence-electron chi connectivity index (χ2n) is 5.93. The maximum atomic E-state index is 3.88. The summed E-state index contributed by atoms with van der Waals surface area (Å²) in [7, 11) is 0. The molecule has 0 saturated heterocycles. The molecule has 0 rings (SSSR count). The van der Waals surface area contributed by atoms with Gasteiger partial charge in [0, 0.05) is 0 Å². The highest BCUT2D eigenvalue weighted by atomic mass is 14.0. The predicted molar refractivity (Wildman–Crippen MR) is 80.2 cm³/mol. The van der Waals surface area contributed by atoms with Crippen molar-refractivity contribution < 1.29 is 0 Å². The van der Waals surface area contributed by atoms with Crippen LogP contribution < -0.4 is 0 Å². The van der Waals surface area contributed by atoms with Crippen LogP contribution in [0.15, 0.2) is 0 Å². The number of hydrogen-bond donors (Lipinski definition) is 0. The van der Waals surface area contributed by atoms with Gasteiger partial charge >= 0.3 is 0 Å². The molecular weight excluding hydrogens is 204 g/mol. The van der Waals surface area contributed by atoms with Crippen LogP contribution in [0.4, 0.5) is 0 Å². The quantitative estimate of drug-likeness (QED) is 0.320. The molecule has 0 N–H and O–H groups in total. The van der Waals surface area contributed by atoms with Crippen molar-refractivity contribution in [2.45, 2.75) is 97.3 Å². The lowest BCUT2D eigenvalue weighted by Crippen LogP contribution is -1.87. The van der Waals surface area contributed by atoms with Gasteiger partial charge < -0.3 is 0 Å². The zero-order chi connectivity index (χ0) is 12.8. The van der Waals surface area contributed by atoms with Crippen LogP contribution in [-0.2, 0) is 0 Å². The lowest BCUT2D eigenvalue weighted by atomic mass is 10.0. The van der Waals surface area contributed by atoms with Gasteiger partial charge in [0.2, 0.25) is 0 Å². The van der Waals surface area contributed by atoms with E-state index < -0.39 is 0 Å². The molecule has 0 saturated carbocycles. The van der Waals surface area contributed by atoms with Crippen molar-refractivity contribution in [2.24, 2.45) is 5.92 Å². The van der Waals surface area contributed by atoms with Crippen molar-refractivity contribution in [1.82, 2.24) is 0 Å². The summed E-state index contributed by atoms with van der Waals surface area (Å²) in [5.41, 5.74) is 0. The van der Waals surface area contributed by atoms with E-state index in [2.05, 4.69) is 20.8 Å². The van der Waals surface area contributed by atoms with E-state index in [1.165, 1.54) is 77.0 Å². The summed E-state index contributed by atoms with van der Waals surface area (Å²) >= 11 is 0. The monoisotopic (exact) mass is 239 g/mol. The van der Waals surface area contributed by atoms with Gasteiger partial charge in [-0.1, -0.05) is 104 Å². The normalized spacial score (nSPS) is 11.3. The summed E-state index contributed by atoms with van der Waals surface area (Å²) in [6.45, 7) is 8.54. The first-order chi connectivity index (χ1) is 8.27. The molecule has 0 fully saturated rings. The predicted octanol–water partition coefficient (Wildman–Crippen LogP) is 6.55. The third-order valence-electron chi connectivity index (χ3n) is 3.53. The first-order valence-corrected chi connectivity index (χ1v) is 8.06. The van der Waals surface area contributed by atoms with E-state index >= 15 is 0 Å². The standard InChI is InChI=1S/C17H35/c1-4-5-6-7-8-9-10-11-12-13-14-15-16-17(2)3/h17H,1,4-16H2,2-3H3. The molecule has 0 atom stereocenters. The molecule has 0 aromatic carbocycles. The van der Waals surface area contributed by atoms with Crippen molar-refractivity contribution in [1.29, 1.82) is 0 Å². The molecule has 0 aliphatic rings. The van der Waals surface area contributed by atoms with Crippen molar-refractivity contribution in [3.8, 4) is 0 Å². The molecule has 103 valence electrons. The van der Waals surface area contributed by atoms with Gasteiger partial charge in [0.25, 0.3) is 0 Å². The van der Waals surface area contributed by atoms with Crippen LogP contribution in [-0.4, -0.2) is 0 Å². The van der Waals surface area contributed by atoms with Crippen LogP contribution in [0.5, 0.6) is 0 Å². The number of unbranched alkanes of at least 4 members (excludes halogenated alkanes) is 11. The van der Waals surface area contributed by atoms with Gasteiger partial charge in [-0.2, -0.15) is 0 Å². The van der Waals surface area contributed by atoms with Crippen LogP contribution in [0, 0.1) is 12.8 Å². The number of rotatable bonds is 13. The molecule has 0 heterocycles. The van der Waals surface area contributed by atoms with E-state index in [4.69, 9.17) is 0 Å². The highest BCUT2D eigenvalue weighted by molar-refractivity contribution is 4.50. The zero-order valence-corrected chi connectivity index (χ0v) is 12.5. The van der Waals surface area contributed by atoms with Crippen LogP contribution in [0.3, 0.4) is 0 Å². The Morgan fingerprint density at radius 3 is 1.29 bits per heavy atom. The van der Waals surface area contributed by atoms with Gasteiger partial charge in [-0.3, -0.25) is 0 Å². The highest BCUT2D eigenvalue weighted by Gasteiger charge is 1.95. The average molecular weight is 239 g/mol. The summed E-state index contributed by atoms with van der Waals surface area (Å²) in [5, 5.41) is 0. The van der Waals surface area contributed by atoms with Crippen LogP contribution >= 0.6 is 0 Å². The maximum Gasteiger partial charge on any atom is -0.0471 e. The molecule has 0 bridgehead atoms. The van der Waals surface area contributed by atoms with Gasteiger partial charge in [0.15, 0.2) is 0 Å². The lowest BCUT2D eigenvalue weighted by Gasteiger charge is -2.04. The molecule has 0 unspecified atom stereocenters. The van der Waals surface area contributed by atoms with E-state index in [1.807, 2.05) is 0 Å². The van der Waals surface area contributed by atoms with E-state index in [0.29, 0.717) is 0 Å². The Morgan fingerprint density at radius 2 is 0.941 bits per heavy atom. The summed E-state index contributed by atoms with van der Waals surface area (Å²) < 4.78 is 0. The van der Waals surface area contributed by atoms with E-state index in [9.17, 15) is 0 Å². The Hall–Kier alpha value is 0. The molecule has 0 aliphatic heterocycles. The average Bonchev–Trinajstić information content (AvgIpc) is 2.30. The van der Waals surface area contributed by atoms with Crippen LogP contribution in [0.1, 0.15) is 97.3 Å². The highest BCUT2D eigenvalue weighted by Crippen LogP contribution is 2.13. The van der Waals surface area contributed by atoms with Gasteiger partial charge in [-0.05, 0) is 5.92 Å². The van der Waals surface area contributed by atoms with Gasteiger partial charge in [0.05, 0.1) is 0 Å². The Labute approximate surface area is 111 Å². The summed E-state index contributed by atoms with van der Waals surface area (Å²) in [6.07, 6.45) is 18.4. The fourth-order valence-corrected chi connectivity index (χ4v) is 2.32. The molecule has 1 radical (unpaired) electrons. The molecule has 0 aromatic rings. The number of hydrogen-bond acceptors (Lipinski definition) is 0. The molecule has 17 heavy (non-hydrogen) atoms. The Bertz CT molecular complexity index is 126. The second-order valence-corrected chi connectivity index (χ2v) is 5.93. The second kappa shape index (κ2) is 14.1. The Balaban J connectivity index is 2.89. The molecule has 0 nitrogen and oxygen atoms in total. The minimum atomic E-state index is 0.897. The topological polar surface area (TPSA) is 0 Å². The van der Waals surface area contributed by atoms with E-state index in [1.54, 1.807) is 0 Å². The van der Waals surface area contributed by atoms with Crippen LogP contribution in [0.25, 0.3) is 0 Å². The van der Waals surface area contributed by atoms with Gasteiger partial charge in [0.1, 0.15) is 0 Å². The third-order valence-corrected chi connectivity index (χ3v) is 3.53. The first kappa shape index (κ1) is 17.0. The molecule has 0 spiro atoms. The van der Waals surface area contributed by atoms with Crippen molar-refractivity contribution in [3.05, 3.63) is 6.92 Å². The molecule has 0 amide bonds. The maximum absolute atomic E-state index is 3.88. The zero-order valence-electron chi connectivity index (χ0n) is 12.5. The minimum absolute atomic E-state index is 0.897. The molecular formula is C17H35. The van der Waals surface area contributed by atoms with E-state index in [0.717, 1.165) is 12.3 Å². The Kier molecular flexibility index (Phi) is 14.1. The minimum Gasteiger partial charge on any atom is -0.0628 e. The fourth-order valence-electron chi connectivity index (χ4n) is 2.32. The molecule has 0 aliphatic carbocycles. The van der Waals surface area contributed by atoms with Crippen molar-refractivity contribution in [2.75, 3.05) is 0 Å². The van der Waals surface area contributed by atoms with Crippen LogP contribution in [0.2, 0.25) is 0 Å². The smallest absolute Gasteiger partial charge is 0.0471 e. The molecule has 0 heteroatoms. The first-order valence-electron chi connectivity index (χ1n) is 8.06. The van der Waals surface area contributed by atoms with E-state index in [-0.39, 0.29) is 0 Å². The summed E-state index contributed by atoms with van der Waals surface area (Å²) in [4.78, 5) is 0. The van der Waals surface area contributed by atoms with Gasteiger partial charge in [-0.25, -0.2) is 0 Å². The summed E-state index contributed by atoms with van der Waals surface area (Å²) in [5.74, 6) is 0.897. The third kappa shape index (κ3) is 16.0. The Morgan fingerprint density at radius 1 is 0.588 bits per heavy atom. The largest absolute Gasteiger partial charge is 0.0628 e. The lowest BCUT2D eigenvalue weighted by molar-refractivity contribution is 0.504. The van der Waals surface area contributed by atoms with Gasteiger partial charge in [-0.15, -0.1) is 0 Å². The fraction of sp³-hybridized carbons (Fsp3) is 0.941. The SMILES string of the molecule is [CH2]CCCCCCCCCCCCCC(C)C. The molecule has 0 aromatic heterocycles. The van der Waals surface area contributed by atoms with Crippen molar-refractivity contribution >= 4 is 0 Å².